The van der Waals surface area contributed by atoms with Crippen molar-refractivity contribution in [3.8, 4) is 17.2 Å². The quantitative estimate of drug-likeness (QED) is 0.348. The lowest BCUT2D eigenvalue weighted by molar-refractivity contribution is 0.408. The molecule has 0 spiro atoms. The predicted molar refractivity (Wildman–Crippen MR) is 127 cm³/mol. The van der Waals surface area contributed by atoms with Gasteiger partial charge in [0.25, 0.3) is 0 Å². The van der Waals surface area contributed by atoms with Crippen molar-refractivity contribution in [1.29, 1.82) is 0 Å². The van der Waals surface area contributed by atoms with Gasteiger partial charge in [0.1, 0.15) is 17.2 Å². The first-order chi connectivity index (χ1) is 15.7. The third kappa shape index (κ3) is 2.96. The van der Waals surface area contributed by atoms with E-state index >= 15 is 0 Å². The largest absolute Gasteiger partial charge is 0.497 e. The van der Waals surface area contributed by atoms with Crippen molar-refractivity contribution in [2.45, 2.75) is 11.8 Å². The molecule has 0 heterocycles. The zero-order valence-electron chi connectivity index (χ0n) is 18.6. The molecule has 4 aromatic rings. The summed E-state index contributed by atoms with van der Waals surface area (Å²) in [6.07, 6.45) is 0.837. The highest BCUT2D eigenvalue weighted by Crippen LogP contribution is 2.52. The molecule has 5 rings (SSSR count). The molecule has 0 radical (unpaired) electrons. The van der Waals surface area contributed by atoms with E-state index in [-0.39, 0.29) is 0 Å². The fourth-order valence-corrected chi connectivity index (χ4v) is 5.14. The maximum absolute atomic E-state index is 5.83. The highest BCUT2D eigenvalue weighted by Gasteiger charge is 2.44. The van der Waals surface area contributed by atoms with Crippen LogP contribution >= 0.6 is 0 Å². The average molecular weight is 423 g/mol. The zero-order valence-corrected chi connectivity index (χ0v) is 18.6. The van der Waals surface area contributed by atoms with E-state index in [2.05, 4.69) is 66.7 Å². The van der Waals surface area contributed by atoms with Crippen LogP contribution in [0.25, 0.3) is 0 Å². The third-order valence-electron chi connectivity index (χ3n) is 6.59. The van der Waals surface area contributed by atoms with Crippen LogP contribution in [-0.4, -0.2) is 21.3 Å². The van der Waals surface area contributed by atoms with E-state index in [0.717, 1.165) is 23.7 Å². The Morgan fingerprint density at radius 1 is 0.562 bits per heavy atom. The van der Waals surface area contributed by atoms with E-state index in [1.807, 2.05) is 24.3 Å². The van der Waals surface area contributed by atoms with Crippen LogP contribution in [-0.2, 0) is 11.8 Å². The van der Waals surface area contributed by atoms with Gasteiger partial charge in [-0.15, -0.1) is 0 Å². The first-order valence-corrected chi connectivity index (χ1v) is 10.8. The van der Waals surface area contributed by atoms with E-state index < -0.39 is 5.41 Å². The summed E-state index contributed by atoms with van der Waals surface area (Å²) >= 11 is 0. The first-order valence-electron chi connectivity index (χ1n) is 10.8. The molecule has 0 atom stereocenters. The molecular weight excluding hydrogens is 396 g/mol. The van der Waals surface area contributed by atoms with Gasteiger partial charge in [0.2, 0.25) is 0 Å². The summed E-state index contributed by atoms with van der Waals surface area (Å²) in [5, 5.41) is 0. The number of ether oxygens (including phenoxy) is 3. The molecule has 0 unspecified atom stereocenters. The van der Waals surface area contributed by atoms with Crippen molar-refractivity contribution < 1.29 is 14.2 Å². The topological polar surface area (TPSA) is 27.7 Å². The molecule has 0 aliphatic heterocycles. The van der Waals surface area contributed by atoms with Gasteiger partial charge in [0, 0.05) is 12.0 Å². The van der Waals surface area contributed by atoms with Gasteiger partial charge in [-0.05, 0) is 58.1 Å². The third-order valence-corrected chi connectivity index (χ3v) is 6.59. The monoisotopic (exact) mass is 422 g/mol. The van der Waals surface area contributed by atoms with E-state index in [0.29, 0.717) is 0 Å². The molecule has 3 nitrogen and oxygen atoms in total. The molecule has 3 heteroatoms. The minimum atomic E-state index is -0.489. The molecule has 0 fully saturated rings. The van der Waals surface area contributed by atoms with Crippen molar-refractivity contribution in [3.05, 3.63) is 124 Å². The second-order valence-corrected chi connectivity index (χ2v) is 8.03. The lowest BCUT2D eigenvalue weighted by Gasteiger charge is -2.42. The minimum Gasteiger partial charge on any atom is -0.497 e. The summed E-state index contributed by atoms with van der Waals surface area (Å²) in [6, 6.07) is 32.0. The van der Waals surface area contributed by atoms with Gasteiger partial charge in [-0.3, -0.25) is 0 Å². The fourth-order valence-electron chi connectivity index (χ4n) is 5.14. The van der Waals surface area contributed by atoms with Crippen LogP contribution in [0.2, 0.25) is 0 Å². The SMILES string of the molecule is COc1ccc(C2(c3ccc(OC)cc3)c3ccccc3Cc3c(OC)cccc32)cc1. The van der Waals surface area contributed by atoms with E-state index in [9.17, 15) is 0 Å². The van der Waals surface area contributed by atoms with Crippen LogP contribution in [0.3, 0.4) is 0 Å². The smallest absolute Gasteiger partial charge is 0.122 e. The van der Waals surface area contributed by atoms with Crippen molar-refractivity contribution in [2.75, 3.05) is 21.3 Å². The van der Waals surface area contributed by atoms with E-state index in [4.69, 9.17) is 14.2 Å². The predicted octanol–water partition coefficient (Wildman–Crippen LogP) is 6.00. The minimum absolute atomic E-state index is 0.489. The molecular formula is C29H26O3. The number of fused-ring (bicyclic) bond motifs is 2. The Bertz CT molecular complexity index is 1190. The summed E-state index contributed by atoms with van der Waals surface area (Å²) in [6.45, 7) is 0. The highest BCUT2D eigenvalue weighted by atomic mass is 16.5. The van der Waals surface area contributed by atoms with Crippen molar-refractivity contribution in [3.63, 3.8) is 0 Å². The van der Waals surface area contributed by atoms with Crippen molar-refractivity contribution >= 4 is 0 Å². The van der Waals surface area contributed by atoms with Gasteiger partial charge >= 0.3 is 0 Å². The molecule has 0 aromatic heterocycles. The normalized spacial score (nSPS) is 13.6. The summed E-state index contributed by atoms with van der Waals surface area (Å²) in [7, 11) is 5.15. The molecule has 160 valence electrons. The van der Waals surface area contributed by atoms with Crippen LogP contribution in [0.4, 0.5) is 0 Å². The standard InChI is InChI=1S/C29H26O3/c1-30-23-15-11-21(12-16-23)29(22-13-17-24(31-2)18-14-22)26-8-5-4-7-20(26)19-25-27(29)9-6-10-28(25)32-3/h4-18H,19H2,1-3H3. The molecule has 0 amide bonds. The number of methoxy groups -OCH3 is 3. The average Bonchev–Trinajstić information content (AvgIpc) is 2.87. The van der Waals surface area contributed by atoms with Gasteiger partial charge in [-0.25, -0.2) is 0 Å². The summed E-state index contributed by atoms with van der Waals surface area (Å²) in [4.78, 5) is 0. The highest BCUT2D eigenvalue weighted by molar-refractivity contribution is 5.69. The number of rotatable bonds is 5. The summed E-state index contributed by atoms with van der Waals surface area (Å²) in [5.74, 6) is 2.60. The van der Waals surface area contributed by atoms with E-state index in [1.54, 1.807) is 21.3 Å². The molecule has 4 aromatic carbocycles. The van der Waals surface area contributed by atoms with Crippen LogP contribution < -0.4 is 14.2 Å². The van der Waals surface area contributed by atoms with E-state index in [1.165, 1.54) is 33.4 Å². The molecule has 32 heavy (non-hydrogen) atoms. The van der Waals surface area contributed by atoms with Crippen molar-refractivity contribution in [2.24, 2.45) is 0 Å². The Hall–Kier alpha value is -3.72. The second kappa shape index (κ2) is 8.08. The number of benzene rings is 4. The van der Waals surface area contributed by atoms with Gasteiger partial charge in [0.15, 0.2) is 0 Å². The first kappa shape index (κ1) is 20.2. The van der Waals surface area contributed by atoms with Gasteiger partial charge in [-0.1, -0.05) is 60.7 Å². The molecule has 0 N–H and O–H groups in total. The lowest BCUT2D eigenvalue weighted by atomic mass is 9.59. The van der Waals surface area contributed by atoms with Crippen molar-refractivity contribution in [1.82, 2.24) is 0 Å². The van der Waals surface area contributed by atoms with Gasteiger partial charge in [0.05, 0.1) is 26.7 Å². The van der Waals surface area contributed by atoms with Crippen LogP contribution in [0.15, 0.2) is 91.0 Å². The zero-order chi connectivity index (χ0) is 22.1. The fraction of sp³-hybridized carbons (Fsp3) is 0.172. The lowest BCUT2D eigenvalue weighted by Crippen LogP contribution is -2.36. The Balaban J connectivity index is 1.91. The van der Waals surface area contributed by atoms with Gasteiger partial charge in [-0.2, -0.15) is 0 Å². The Kier molecular flexibility index (Phi) is 5.10. The summed E-state index contributed by atoms with van der Waals surface area (Å²) < 4.78 is 16.8. The molecule has 0 saturated heterocycles. The second-order valence-electron chi connectivity index (χ2n) is 8.03. The Morgan fingerprint density at radius 2 is 1.12 bits per heavy atom. The van der Waals surface area contributed by atoms with Gasteiger partial charge < -0.3 is 14.2 Å². The maximum atomic E-state index is 5.83. The molecule has 0 saturated carbocycles. The molecule has 1 aliphatic carbocycles. The van der Waals surface area contributed by atoms with Crippen LogP contribution in [0, 0.1) is 0 Å². The maximum Gasteiger partial charge on any atom is 0.122 e. The number of hydrogen-bond donors (Lipinski definition) is 0. The van der Waals surface area contributed by atoms with Crippen LogP contribution in [0.5, 0.6) is 17.2 Å². The molecule has 0 bridgehead atoms. The Labute approximate surface area is 189 Å². The number of hydrogen-bond acceptors (Lipinski definition) is 3. The summed E-state index contributed by atoms with van der Waals surface area (Å²) in [5.41, 5.74) is 6.94. The molecule has 1 aliphatic rings. The Morgan fingerprint density at radius 3 is 1.69 bits per heavy atom. The van der Waals surface area contributed by atoms with Crippen LogP contribution in [0.1, 0.15) is 33.4 Å².